The molecule has 0 aliphatic heterocycles. The van der Waals surface area contributed by atoms with Crippen molar-refractivity contribution in [2.24, 2.45) is 5.92 Å². The Kier molecular flexibility index (Phi) is 4.00. The summed E-state index contributed by atoms with van der Waals surface area (Å²) >= 11 is 1.48. The van der Waals surface area contributed by atoms with Crippen LogP contribution in [0.5, 0.6) is 0 Å². The molecular formula is C13H21N3OS. The molecular weight excluding hydrogens is 246 g/mol. The van der Waals surface area contributed by atoms with Gasteiger partial charge in [-0.2, -0.15) is 0 Å². The highest BCUT2D eigenvalue weighted by Gasteiger charge is 2.24. The van der Waals surface area contributed by atoms with E-state index in [1.165, 1.54) is 30.6 Å². The maximum Gasteiger partial charge on any atom is 0.229 e. The highest BCUT2D eigenvalue weighted by atomic mass is 32.1. The lowest BCUT2D eigenvalue weighted by Gasteiger charge is -2.19. The maximum absolute atomic E-state index is 12.1. The molecule has 0 bridgehead atoms. The van der Waals surface area contributed by atoms with E-state index in [9.17, 15) is 4.79 Å². The molecule has 1 aliphatic carbocycles. The molecule has 1 fully saturated rings. The van der Waals surface area contributed by atoms with Crippen molar-refractivity contribution in [3.63, 3.8) is 0 Å². The van der Waals surface area contributed by atoms with Crippen LogP contribution in [0.4, 0.5) is 5.13 Å². The number of carbonyl (C=O) groups excluding carboxylic acids is 1. The van der Waals surface area contributed by atoms with E-state index in [1.807, 2.05) is 0 Å². The molecule has 1 N–H and O–H groups in total. The van der Waals surface area contributed by atoms with Crippen LogP contribution in [0.25, 0.3) is 0 Å². The van der Waals surface area contributed by atoms with Crippen molar-refractivity contribution in [1.82, 2.24) is 10.2 Å². The second-order valence-electron chi connectivity index (χ2n) is 5.99. The molecule has 5 heteroatoms. The fourth-order valence-corrected chi connectivity index (χ4v) is 2.95. The van der Waals surface area contributed by atoms with E-state index in [1.54, 1.807) is 0 Å². The predicted octanol–water partition coefficient (Wildman–Crippen LogP) is 3.35. The van der Waals surface area contributed by atoms with Crippen molar-refractivity contribution in [3.05, 3.63) is 5.01 Å². The van der Waals surface area contributed by atoms with Crippen LogP contribution in [-0.2, 0) is 10.2 Å². The zero-order valence-electron chi connectivity index (χ0n) is 11.3. The number of hydrogen-bond donors (Lipinski definition) is 1. The summed E-state index contributed by atoms with van der Waals surface area (Å²) < 4.78 is 0. The van der Waals surface area contributed by atoms with Gasteiger partial charge in [0.05, 0.1) is 0 Å². The minimum atomic E-state index is -0.00845. The SMILES string of the molecule is CC(C)(C)c1nnc(NC(=O)C2CCCCC2)s1. The summed E-state index contributed by atoms with van der Waals surface area (Å²) in [5.74, 6) is 0.284. The number of amides is 1. The third-order valence-corrected chi connectivity index (χ3v) is 4.54. The molecule has 0 saturated heterocycles. The van der Waals surface area contributed by atoms with E-state index in [-0.39, 0.29) is 17.2 Å². The Bertz CT molecular complexity index is 416. The van der Waals surface area contributed by atoms with Crippen LogP contribution in [0.2, 0.25) is 0 Å². The Morgan fingerprint density at radius 2 is 1.89 bits per heavy atom. The molecule has 0 radical (unpaired) electrons. The van der Waals surface area contributed by atoms with Gasteiger partial charge in [-0.3, -0.25) is 4.79 Å². The van der Waals surface area contributed by atoms with E-state index >= 15 is 0 Å². The third-order valence-electron chi connectivity index (χ3n) is 3.27. The van der Waals surface area contributed by atoms with E-state index in [2.05, 4.69) is 36.3 Å². The van der Waals surface area contributed by atoms with Crippen LogP contribution < -0.4 is 5.32 Å². The van der Waals surface area contributed by atoms with Crippen molar-refractivity contribution in [3.8, 4) is 0 Å². The van der Waals surface area contributed by atoms with Gasteiger partial charge in [-0.15, -0.1) is 10.2 Å². The summed E-state index contributed by atoms with van der Waals surface area (Å²) in [4.78, 5) is 12.1. The molecule has 1 heterocycles. The van der Waals surface area contributed by atoms with Crippen molar-refractivity contribution < 1.29 is 4.79 Å². The monoisotopic (exact) mass is 267 g/mol. The van der Waals surface area contributed by atoms with E-state index in [0.717, 1.165) is 17.8 Å². The summed E-state index contributed by atoms with van der Waals surface area (Å²) in [5, 5.41) is 12.7. The fourth-order valence-electron chi connectivity index (χ4n) is 2.15. The first-order valence-corrected chi connectivity index (χ1v) is 7.43. The lowest BCUT2D eigenvalue weighted by Crippen LogP contribution is -2.24. The van der Waals surface area contributed by atoms with E-state index < -0.39 is 0 Å². The molecule has 100 valence electrons. The van der Waals surface area contributed by atoms with Gasteiger partial charge in [0.15, 0.2) is 0 Å². The van der Waals surface area contributed by atoms with E-state index in [4.69, 9.17) is 0 Å². The Morgan fingerprint density at radius 3 is 2.44 bits per heavy atom. The van der Waals surface area contributed by atoms with Gasteiger partial charge in [-0.25, -0.2) is 0 Å². The Hall–Kier alpha value is -0.970. The molecule has 18 heavy (non-hydrogen) atoms. The van der Waals surface area contributed by atoms with Crippen molar-refractivity contribution in [2.75, 3.05) is 5.32 Å². The Balaban J connectivity index is 1.96. The Morgan fingerprint density at radius 1 is 1.22 bits per heavy atom. The standard InChI is InChI=1S/C13H21N3OS/c1-13(2,3)11-15-16-12(18-11)14-10(17)9-7-5-4-6-8-9/h9H,4-8H2,1-3H3,(H,14,16,17). The molecule has 0 aromatic carbocycles. The summed E-state index contributed by atoms with van der Waals surface area (Å²) in [7, 11) is 0. The molecule has 1 amide bonds. The number of carbonyl (C=O) groups is 1. The van der Waals surface area contributed by atoms with Crippen molar-refractivity contribution in [1.29, 1.82) is 0 Å². The van der Waals surface area contributed by atoms with Gasteiger partial charge in [0.1, 0.15) is 5.01 Å². The molecule has 0 spiro atoms. The number of anilines is 1. The molecule has 1 aliphatic rings. The largest absolute Gasteiger partial charge is 0.300 e. The molecule has 4 nitrogen and oxygen atoms in total. The minimum Gasteiger partial charge on any atom is -0.300 e. The molecule has 1 aromatic heterocycles. The fraction of sp³-hybridized carbons (Fsp3) is 0.769. The van der Waals surface area contributed by atoms with Crippen LogP contribution in [0, 0.1) is 5.92 Å². The number of nitrogens with zero attached hydrogens (tertiary/aromatic N) is 2. The first-order chi connectivity index (χ1) is 8.47. The van der Waals surface area contributed by atoms with Crippen LogP contribution in [0.15, 0.2) is 0 Å². The highest BCUT2D eigenvalue weighted by molar-refractivity contribution is 7.15. The number of aromatic nitrogens is 2. The topological polar surface area (TPSA) is 54.9 Å². The van der Waals surface area contributed by atoms with E-state index in [0.29, 0.717) is 5.13 Å². The quantitative estimate of drug-likeness (QED) is 0.894. The second kappa shape index (κ2) is 5.34. The molecule has 1 aromatic rings. The number of rotatable bonds is 2. The summed E-state index contributed by atoms with van der Waals surface area (Å²) in [6.45, 7) is 6.29. The second-order valence-corrected chi connectivity index (χ2v) is 6.96. The normalized spacial score (nSPS) is 17.7. The van der Waals surface area contributed by atoms with Crippen molar-refractivity contribution >= 4 is 22.4 Å². The van der Waals surface area contributed by atoms with Gasteiger partial charge in [0, 0.05) is 11.3 Å². The van der Waals surface area contributed by atoms with Crippen LogP contribution >= 0.6 is 11.3 Å². The third kappa shape index (κ3) is 3.28. The van der Waals surface area contributed by atoms with Crippen LogP contribution in [-0.4, -0.2) is 16.1 Å². The molecule has 0 atom stereocenters. The van der Waals surface area contributed by atoms with Gasteiger partial charge in [-0.05, 0) is 12.8 Å². The first kappa shape index (κ1) is 13.5. The molecule has 0 unspecified atom stereocenters. The Labute approximate surface area is 112 Å². The van der Waals surface area contributed by atoms with Crippen LogP contribution in [0.3, 0.4) is 0 Å². The van der Waals surface area contributed by atoms with Gasteiger partial charge in [-0.1, -0.05) is 51.4 Å². The zero-order valence-corrected chi connectivity index (χ0v) is 12.1. The average molecular weight is 267 g/mol. The number of nitrogens with one attached hydrogen (secondary N) is 1. The smallest absolute Gasteiger partial charge is 0.229 e. The predicted molar refractivity (Wildman–Crippen MR) is 73.8 cm³/mol. The maximum atomic E-state index is 12.1. The zero-order chi connectivity index (χ0) is 13.2. The average Bonchev–Trinajstić information content (AvgIpc) is 2.78. The van der Waals surface area contributed by atoms with Gasteiger partial charge in [0.25, 0.3) is 0 Å². The van der Waals surface area contributed by atoms with Crippen LogP contribution in [0.1, 0.15) is 57.9 Å². The van der Waals surface area contributed by atoms with Gasteiger partial charge >= 0.3 is 0 Å². The van der Waals surface area contributed by atoms with Gasteiger partial charge in [0.2, 0.25) is 11.0 Å². The number of hydrogen-bond acceptors (Lipinski definition) is 4. The summed E-state index contributed by atoms with van der Waals surface area (Å²) in [5.41, 5.74) is -0.00845. The minimum absolute atomic E-state index is 0.00845. The molecule has 2 rings (SSSR count). The van der Waals surface area contributed by atoms with Gasteiger partial charge < -0.3 is 5.32 Å². The first-order valence-electron chi connectivity index (χ1n) is 6.61. The van der Waals surface area contributed by atoms with Crippen molar-refractivity contribution in [2.45, 2.75) is 58.3 Å². The molecule has 1 saturated carbocycles. The summed E-state index contributed by atoms with van der Waals surface area (Å²) in [6.07, 6.45) is 5.62. The summed E-state index contributed by atoms with van der Waals surface area (Å²) in [6, 6.07) is 0. The lowest BCUT2D eigenvalue weighted by atomic mass is 9.89. The lowest BCUT2D eigenvalue weighted by molar-refractivity contribution is -0.120. The highest BCUT2D eigenvalue weighted by Crippen LogP contribution is 2.29.